The second-order valence-electron chi connectivity index (χ2n) is 4.32. The molecule has 0 spiro atoms. The predicted octanol–water partition coefficient (Wildman–Crippen LogP) is 1.33. The average molecular weight is 236 g/mol. The minimum absolute atomic E-state index is 0.0700. The molecule has 1 aromatic rings. The molecule has 0 aromatic heterocycles. The van der Waals surface area contributed by atoms with E-state index in [4.69, 9.17) is 0 Å². The van der Waals surface area contributed by atoms with Crippen LogP contribution < -0.4 is 5.32 Å². The van der Waals surface area contributed by atoms with Crippen molar-refractivity contribution in [3.63, 3.8) is 0 Å². The normalized spacial score (nSPS) is 14.4. The molecule has 0 saturated heterocycles. The molecule has 2 unspecified atom stereocenters. The first-order valence-corrected chi connectivity index (χ1v) is 5.75. The zero-order chi connectivity index (χ0) is 12.8. The van der Waals surface area contributed by atoms with Crippen molar-refractivity contribution in [2.45, 2.75) is 26.0 Å². The molecule has 2 atom stereocenters. The third-order valence-corrected chi connectivity index (χ3v) is 2.63. The molecule has 0 bridgehead atoms. The number of rotatable bonds is 5. The first-order chi connectivity index (χ1) is 8.00. The number of aliphatic hydroxyl groups is 1. The van der Waals surface area contributed by atoms with Gasteiger partial charge in [-0.25, -0.2) is 0 Å². The van der Waals surface area contributed by atoms with Gasteiger partial charge in [0.05, 0.1) is 12.1 Å². The van der Waals surface area contributed by atoms with Gasteiger partial charge in [-0.15, -0.1) is 0 Å². The molecule has 1 amide bonds. The van der Waals surface area contributed by atoms with E-state index in [0.717, 1.165) is 5.69 Å². The maximum Gasteiger partial charge on any atom is 0.241 e. The van der Waals surface area contributed by atoms with Gasteiger partial charge in [0.1, 0.15) is 0 Å². The number of para-hydroxylation sites is 1. The first kappa shape index (κ1) is 13.7. The summed E-state index contributed by atoms with van der Waals surface area (Å²) in [6.45, 7) is 4.00. The van der Waals surface area contributed by atoms with Crippen LogP contribution in [0.15, 0.2) is 30.3 Å². The summed E-state index contributed by atoms with van der Waals surface area (Å²) in [4.78, 5) is 13.7. The number of benzene rings is 1. The lowest BCUT2D eigenvalue weighted by Gasteiger charge is -2.24. The minimum Gasteiger partial charge on any atom is -0.392 e. The zero-order valence-corrected chi connectivity index (χ0v) is 10.6. The van der Waals surface area contributed by atoms with E-state index >= 15 is 0 Å². The lowest BCUT2D eigenvalue weighted by Crippen LogP contribution is -2.42. The summed E-state index contributed by atoms with van der Waals surface area (Å²) >= 11 is 0. The van der Waals surface area contributed by atoms with E-state index in [9.17, 15) is 9.90 Å². The number of carbonyl (C=O) groups excluding carboxylic acids is 1. The van der Waals surface area contributed by atoms with Gasteiger partial charge in [-0.3, -0.25) is 9.69 Å². The number of anilines is 1. The van der Waals surface area contributed by atoms with E-state index in [2.05, 4.69) is 5.32 Å². The van der Waals surface area contributed by atoms with Crippen molar-refractivity contribution < 1.29 is 9.90 Å². The van der Waals surface area contributed by atoms with Gasteiger partial charge in [0.25, 0.3) is 0 Å². The standard InChI is InChI=1S/C13H20N2O2/c1-10(16)9-15(3)11(2)13(17)14-12-7-5-4-6-8-12/h4-8,10-11,16H,9H2,1-3H3,(H,14,17). The number of nitrogens with zero attached hydrogens (tertiary/aromatic N) is 1. The lowest BCUT2D eigenvalue weighted by atomic mass is 10.2. The monoisotopic (exact) mass is 236 g/mol. The molecule has 0 aliphatic heterocycles. The smallest absolute Gasteiger partial charge is 0.241 e. The second-order valence-corrected chi connectivity index (χ2v) is 4.32. The van der Waals surface area contributed by atoms with Crippen molar-refractivity contribution in [1.82, 2.24) is 4.90 Å². The first-order valence-electron chi connectivity index (χ1n) is 5.75. The molecule has 0 radical (unpaired) electrons. The van der Waals surface area contributed by atoms with Crippen LogP contribution >= 0.6 is 0 Å². The molecule has 0 saturated carbocycles. The number of hydrogen-bond donors (Lipinski definition) is 2. The maximum atomic E-state index is 11.9. The molecule has 0 fully saturated rings. The molecule has 0 heterocycles. The Hall–Kier alpha value is -1.39. The van der Waals surface area contributed by atoms with E-state index in [1.165, 1.54) is 0 Å². The van der Waals surface area contributed by atoms with Gasteiger partial charge in [-0.2, -0.15) is 0 Å². The topological polar surface area (TPSA) is 52.6 Å². The minimum atomic E-state index is -0.438. The summed E-state index contributed by atoms with van der Waals surface area (Å²) in [5.74, 6) is -0.0700. The highest BCUT2D eigenvalue weighted by atomic mass is 16.3. The highest BCUT2D eigenvalue weighted by Crippen LogP contribution is 2.07. The Morgan fingerprint density at radius 2 is 1.94 bits per heavy atom. The molecule has 0 aliphatic carbocycles. The molecule has 1 rings (SSSR count). The lowest BCUT2D eigenvalue weighted by molar-refractivity contribution is -0.120. The molecule has 1 aromatic carbocycles. The van der Waals surface area contributed by atoms with Crippen LogP contribution in [0.1, 0.15) is 13.8 Å². The summed E-state index contributed by atoms with van der Waals surface area (Å²) in [5.41, 5.74) is 0.787. The van der Waals surface area contributed by atoms with Crippen LogP contribution in [0.5, 0.6) is 0 Å². The summed E-state index contributed by atoms with van der Waals surface area (Å²) in [6.07, 6.45) is -0.438. The molecular formula is C13H20N2O2. The fourth-order valence-electron chi connectivity index (χ4n) is 1.54. The van der Waals surface area contributed by atoms with Gasteiger partial charge >= 0.3 is 0 Å². The van der Waals surface area contributed by atoms with Crippen LogP contribution in [0, 0.1) is 0 Å². The highest BCUT2D eigenvalue weighted by molar-refractivity contribution is 5.94. The Bertz CT molecular complexity index is 352. The van der Waals surface area contributed by atoms with Gasteiger partial charge in [0.15, 0.2) is 0 Å². The Balaban J connectivity index is 2.52. The van der Waals surface area contributed by atoms with E-state index < -0.39 is 6.10 Å². The van der Waals surface area contributed by atoms with Crippen molar-refractivity contribution >= 4 is 11.6 Å². The number of hydrogen-bond acceptors (Lipinski definition) is 3. The maximum absolute atomic E-state index is 11.9. The van der Waals surface area contributed by atoms with Crippen molar-refractivity contribution in [2.75, 3.05) is 18.9 Å². The number of amides is 1. The van der Waals surface area contributed by atoms with Gasteiger partial charge in [-0.05, 0) is 33.0 Å². The van der Waals surface area contributed by atoms with Gasteiger partial charge < -0.3 is 10.4 Å². The van der Waals surface area contributed by atoms with Crippen LogP contribution in [0.3, 0.4) is 0 Å². The van der Waals surface area contributed by atoms with E-state index in [1.807, 2.05) is 49.2 Å². The largest absolute Gasteiger partial charge is 0.392 e. The van der Waals surface area contributed by atoms with Gasteiger partial charge in [0.2, 0.25) is 5.91 Å². The van der Waals surface area contributed by atoms with Gasteiger partial charge in [-0.1, -0.05) is 18.2 Å². The quantitative estimate of drug-likeness (QED) is 0.811. The number of carbonyl (C=O) groups is 1. The molecule has 4 heteroatoms. The van der Waals surface area contributed by atoms with Crippen LogP contribution in [-0.4, -0.2) is 41.7 Å². The Morgan fingerprint density at radius 3 is 2.47 bits per heavy atom. The molecule has 0 aliphatic rings. The van der Waals surface area contributed by atoms with Crippen LogP contribution in [0.4, 0.5) is 5.69 Å². The third kappa shape index (κ3) is 4.54. The Morgan fingerprint density at radius 1 is 1.35 bits per heavy atom. The van der Waals surface area contributed by atoms with E-state index in [-0.39, 0.29) is 11.9 Å². The zero-order valence-electron chi connectivity index (χ0n) is 10.6. The summed E-state index contributed by atoms with van der Waals surface area (Å²) < 4.78 is 0. The van der Waals surface area contributed by atoms with Crippen LogP contribution in [0.2, 0.25) is 0 Å². The van der Waals surface area contributed by atoms with Crippen molar-refractivity contribution in [3.8, 4) is 0 Å². The molecular weight excluding hydrogens is 216 g/mol. The van der Waals surface area contributed by atoms with Crippen molar-refractivity contribution in [3.05, 3.63) is 30.3 Å². The molecule has 17 heavy (non-hydrogen) atoms. The van der Waals surface area contributed by atoms with E-state index in [0.29, 0.717) is 6.54 Å². The van der Waals surface area contributed by atoms with Gasteiger partial charge in [0, 0.05) is 12.2 Å². The number of aliphatic hydroxyl groups excluding tert-OH is 1. The Labute approximate surface area is 102 Å². The summed E-state index contributed by atoms with van der Waals surface area (Å²) in [7, 11) is 1.82. The van der Waals surface area contributed by atoms with Crippen molar-refractivity contribution in [2.24, 2.45) is 0 Å². The molecule has 94 valence electrons. The molecule has 4 nitrogen and oxygen atoms in total. The third-order valence-electron chi connectivity index (χ3n) is 2.63. The number of likely N-dealkylation sites (N-methyl/N-ethyl adjacent to an activating group) is 1. The van der Waals surface area contributed by atoms with Crippen LogP contribution in [0.25, 0.3) is 0 Å². The summed E-state index contributed by atoms with van der Waals surface area (Å²) in [6, 6.07) is 9.07. The number of nitrogens with one attached hydrogen (secondary N) is 1. The van der Waals surface area contributed by atoms with E-state index in [1.54, 1.807) is 6.92 Å². The van der Waals surface area contributed by atoms with Crippen LogP contribution in [-0.2, 0) is 4.79 Å². The Kier molecular flexibility index (Phi) is 5.12. The summed E-state index contributed by atoms with van der Waals surface area (Å²) in [5, 5.41) is 12.1. The molecule has 2 N–H and O–H groups in total. The predicted molar refractivity (Wildman–Crippen MR) is 68.8 cm³/mol. The van der Waals surface area contributed by atoms with Crippen molar-refractivity contribution in [1.29, 1.82) is 0 Å². The SMILES string of the molecule is CC(O)CN(C)C(C)C(=O)Nc1ccccc1. The fourth-order valence-corrected chi connectivity index (χ4v) is 1.54. The fraction of sp³-hybridized carbons (Fsp3) is 0.462. The highest BCUT2D eigenvalue weighted by Gasteiger charge is 2.18. The average Bonchev–Trinajstić information content (AvgIpc) is 2.28. The second kappa shape index (κ2) is 6.37.